The van der Waals surface area contributed by atoms with Crippen LogP contribution in [-0.2, 0) is 30.7 Å². The molecule has 22 heavy (non-hydrogen) atoms. The van der Waals surface area contributed by atoms with Gasteiger partial charge in [0, 0.05) is 31.3 Å². The fourth-order valence-corrected chi connectivity index (χ4v) is 3.42. The van der Waals surface area contributed by atoms with E-state index in [0.717, 1.165) is 41.7 Å². The van der Waals surface area contributed by atoms with Crippen molar-refractivity contribution in [3.63, 3.8) is 0 Å². The number of hydrogen-bond acceptors (Lipinski definition) is 5. The average Bonchev–Trinajstić information content (AvgIpc) is 3.16. The van der Waals surface area contributed by atoms with Gasteiger partial charge in [0.1, 0.15) is 5.82 Å². The van der Waals surface area contributed by atoms with Gasteiger partial charge in [-0.2, -0.15) is 0 Å². The van der Waals surface area contributed by atoms with E-state index >= 15 is 0 Å². The minimum absolute atomic E-state index is 0.0657. The molecule has 0 aromatic carbocycles. The first-order chi connectivity index (χ1) is 10.5. The van der Waals surface area contributed by atoms with Crippen molar-refractivity contribution in [2.45, 2.75) is 52.1 Å². The van der Waals surface area contributed by atoms with Gasteiger partial charge >= 0.3 is 0 Å². The molecule has 0 unspecified atom stereocenters. The van der Waals surface area contributed by atoms with Crippen molar-refractivity contribution in [3.05, 3.63) is 27.7 Å². The van der Waals surface area contributed by atoms with Crippen molar-refractivity contribution < 1.29 is 4.79 Å². The zero-order valence-corrected chi connectivity index (χ0v) is 14.1. The van der Waals surface area contributed by atoms with Gasteiger partial charge < -0.3 is 9.47 Å². The Morgan fingerprint density at radius 3 is 3.00 bits per heavy atom. The van der Waals surface area contributed by atoms with Gasteiger partial charge in [-0.1, -0.05) is 13.8 Å². The van der Waals surface area contributed by atoms with E-state index in [1.807, 2.05) is 12.4 Å². The number of fused-ring (bicyclic) bond motifs is 1. The highest BCUT2D eigenvalue weighted by Crippen LogP contribution is 2.20. The van der Waals surface area contributed by atoms with Crippen LogP contribution in [0.1, 0.15) is 48.5 Å². The number of carbonyl (C=O) groups excluding carboxylic acids is 1. The third-order valence-electron chi connectivity index (χ3n) is 3.89. The lowest BCUT2D eigenvalue weighted by molar-refractivity contribution is -0.129. The van der Waals surface area contributed by atoms with E-state index in [1.165, 1.54) is 0 Å². The Balaban J connectivity index is 1.61. The molecule has 0 spiro atoms. The summed E-state index contributed by atoms with van der Waals surface area (Å²) >= 11 is 1.62. The molecule has 7 heteroatoms. The number of rotatable bonds is 5. The molecule has 1 aliphatic heterocycles. The summed E-state index contributed by atoms with van der Waals surface area (Å²) in [5, 5.41) is 11.4. The lowest BCUT2D eigenvalue weighted by Crippen LogP contribution is -2.29. The van der Waals surface area contributed by atoms with Crippen LogP contribution < -0.4 is 0 Å². The Morgan fingerprint density at radius 1 is 1.45 bits per heavy atom. The SMILES string of the molecule is CC(C)c1nc(CC(=O)N(C)Cc2nnc3n2CCC3)cs1. The fraction of sp³-hybridized carbons (Fsp3) is 0.600. The molecule has 0 saturated heterocycles. The van der Waals surface area contributed by atoms with Crippen LogP contribution in [-0.4, -0.2) is 37.6 Å². The molecule has 3 heterocycles. The molecular weight excluding hydrogens is 298 g/mol. The molecule has 3 rings (SSSR count). The van der Waals surface area contributed by atoms with Gasteiger partial charge in [0.2, 0.25) is 5.91 Å². The summed E-state index contributed by atoms with van der Waals surface area (Å²) in [6, 6.07) is 0. The standard InChI is InChI=1S/C15H21N5OS/c1-10(2)15-16-11(9-22-15)7-14(21)19(3)8-13-18-17-12-5-4-6-20(12)13/h9-10H,4-8H2,1-3H3. The Morgan fingerprint density at radius 2 is 2.27 bits per heavy atom. The number of aryl methyl sites for hydroxylation is 1. The maximum absolute atomic E-state index is 12.4. The van der Waals surface area contributed by atoms with Crippen molar-refractivity contribution in [3.8, 4) is 0 Å². The van der Waals surface area contributed by atoms with Gasteiger partial charge in [-0.3, -0.25) is 4.79 Å². The highest BCUT2D eigenvalue weighted by Gasteiger charge is 2.20. The average molecular weight is 319 g/mol. The summed E-state index contributed by atoms with van der Waals surface area (Å²) < 4.78 is 2.13. The van der Waals surface area contributed by atoms with Crippen LogP contribution in [0.15, 0.2) is 5.38 Å². The molecule has 1 amide bonds. The number of hydrogen-bond donors (Lipinski definition) is 0. The molecule has 0 radical (unpaired) electrons. The van der Waals surface area contributed by atoms with E-state index in [2.05, 4.69) is 33.6 Å². The summed E-state index contributed by atoms with van der Waals surface area (Å²) in [5.74, 6) is 2.39. The molecule has 118 valence electrons. The molecule has 0 atom stereocenters. The number of thiazole rings is 1. The van der Waals surface area contributed by atoms with Crippen molar-refractivity contribution in [1.29, 1.82) is 0 Å². The second kappa shape index (κ2) is 6.16. The largest absolute Gasteiger partial charge is 0.338 e. The lowest BCUT2D eigenvalue weighted by Gasteiger charge is -2.16. The summed E-state index contributed by atoms with van der Waals surface area (Å²) in [6.45, 7) is 5.70. The monoisotopic (exact) mass is 319 g/mol. The van der Waals surface area contributed by atoms with E-state index in [9.17, 15) is 4.79 Å². The second-order valence-electron chi connectivity index (χ2n) is 6.05. The smallest absolute Gasteiger partial charge is 0.228 e. The maximum atomic E-state index is 12.4. The predicted molar refractivity (Wildman–Crippen MR) is 84.7 cm³/mol. The lowest BCUT2D eigenvalue weighted by atomic mass is 10.2. The molecule has 2 aromatic rings. The molecule has 0 saturated carbocycles. The van der Waals surface area contributed by atoms with Gasteiger partial charge in [0.15, 0.2) is 5.82 Å². The van der Waals surface area contributed by atoms with E-state index in [1.54, 1.807) is 16.2 Å². The highest BCUT2D eigenvalue weighted by atomic mass is 32.1. The van der Waals surface area contributed by atoms with Crippen LogP contribution in [0, 0.1) is 0 Å². The van der Waals surface area contributed by atoms with Gasteiger partial charge in [-0.15, -0.1) is 21.5 Å². The molecule has 2 aromatic heterocycles. The van der Waals surface area contributed by atoms with E-state index in [0.29, 0.717) is 18.9 Å². The minimum atomic E-state index is 0.0657. The Kier molecular flexibility index (Phi) is 4.24. The van der Waals surface area contributed by atoms with Crippen molar-refractivity contribution >= 4 is 17.2 Å². The Labute approximate surface area is 134 Å². The number of likely N-dealkylation sites (N-methyl/N-ethyl adjacent to an activating group) is 1. The van der Waals surface area contributed by atoms with Gasteiger partial charge in [0.05, 0.1) is 23.7 Å². The first kappa shape index (κ1) is 15.1. The normalized spacial score (nSPS) is 13.6. The van der Waals surface area contributed by atoms with Crippen LogP contribution in [0.4, 0.5) is 0 Å². The van der Waals surface area contributed by atoms with Crippen LogP contribution in [0.5, 0.6) is 0 Å². The number of carbonyl (C=O) groups is 1. The van der Waals surface area contributed by atoms with Crippen LogP contribution in [0.2, 0.25) is 0 Å². The molecule has 0 fully saturated rings. The van der Waals surface area contributed by atoms with E-state index in [-0.39, 0.29) is 5.91 Å². The molecule has 6 nitrogen and oxygen atoms in total. The number of aromatic nitrogens is 4. The second-order valence-corrected chi connectivity index (χ2v) is 6.94. The van der Waals surface area contributed by atoms with Crippen molar-refractivity contribution in [1.82, 2.24) is 24.6 Å². The van der Waals surface area contributed by atoms with Crippen molar-refractivity contribution in [2.24, 2.45) is 0 Å². The zero-order valence-electron chi connectivity index (χ0n) is 13.2. The summed E-state index contributed by atoms with van der Waals surface area (Å²) in [5.41, 5.74) is 0.858. The fourth-order valence-electron chi connectivity index (χ4n) is 2.59. The first-order valence-electron chi connectivity index (χ1n) is 7.64. The summed E-state index contributed by atoms with van der Waals surface area (Å²) in [4.78, 5) is 18.6. The van der Waals surface area contributed by atoms with Gasteiger partial charge in [-0.05, 0) is 6.42 Å². The molecule has 0 aliphatic carbocycles. The van der Waals surface area contributed by atoms with Gasteiger partial charge in [-0.25, -0.2) is 4.98 Å². The quantitative estimate of drug-likeness (QED) is 0.845. The summed E-state index contributed by atoms with van der Waals surface area (Å²) in [7, 11) is 1.81. The Bertz CT molecular complexity index is 675. The molecule has 0 N–H and O–H groups in total. The van der Waals surface area contributed by atoms with E-state index in [4.69, 9.17) is 0 Å². The van der Waals surface area contributed by atoms with E-state index < -0.39 is 0 Å². The summed E-state index contributed by atoms with van der Waals surface area (Å²) in [6.07, 6.45) is 2.45. The third kappa shape index (κ3) is 3.04. The van der Waals surface area contributed by atoms with Crippen LogP contribution >= 0.6 is 11.3 Å². The van der Waals surface area contributed by atoms with Gasteiger partial charge in [0.25, 0.3) is 0 Å². The molecule has 1 aliphatic rings. The molecular formula is C15H21N5OS. The topological polar surface area (TPSA) is 63.9 Å². The first-order valence-corrected chi connectivity index (χ1v) is 8.51. The zero-order chi connectivity index (χ0) is 15.7. The van der Waals surface area contributed by atoms with Crippen LogP contribution in [0.25, 0.3) is 0 Å². The number of nitrogens with zero attached hydrogens (tertiary/aromatic N) is 5. The highest BCUT2D eigenvalue weighted by molar-refractivity contribution is 7.09. The maximum Gasteiger partial charge on any atom is 0.228 e. The molecule has 0 bridgehead atoms. The van der Waals surface area contributed by atoms with Crippen LogP contribution in [0.3, 0.4) is 0 Å². The Hall–Kier alpha value is -1.76. The predicted octanol–water partition coefficient (Wildman–Crippen LogP) is 2.01. The minimum Gasteiger partial charge on any atom is -0.338 e. The van der Waals surface area contributed by atoms with Crippen molar-refractivity contribution in [2.75, 3.05) is 7.05 Å². The third-order valence-corrected chi connectivity index (χ3v) is 5.08. The number of amides is 1.